The summed E-state index contributed by atoms with van der Waals surface area (Å²) in [4.78, 5) is 4.05. The average molecular weight is 231 g/mol. The van der Waals surface area contributed by atoms with Crippen LogP contribution in [0.25, 0.3) is 0 Å². The molecule has 0 saturated carbocycles. The Balaban J connectivity index is 2.13. The van der Waals surface area contributed by atoms with Crippen LogP contribution in [-0.4, -0.2) is 4.98 Å². The largest absolute Gasteiger partial charge is 0.271 e. The molecule has 3 N–H and O–H groups in total. The smallest absolute Gasteiger partial charge is 0.123 e. The second-order valence-corrected chi connectivity index (χ2v) is 3.84. The molecule has 0 amide bonds. The van der Waals surface area contributed by atoms with Gasteiger partial charge in [0.25, 0.3) is 0 Å². The summed E-state index contributed by atoms with van der Waals surface area (Å²) < 4.78 is 12.8. The second kappa shape index (κ2) is 5.52. The first-order valence-corrected chi connectivity index (χ1v) is 5.40. The van der Waals surface area contributed by atoms with Gasteiger partial charge in [0.1, 0.15) is 5.82 Å². The number of aromatic nitrogens is 1. The molecule has 0 radical (unpaired) electrons. The van der Waals surface area contributed by atoms with Gasteiger partial charge in [0.15, 0.2) is 0 Å². The molecule has 1 aromatic heterocycles. The molecule has 0 bridgehead atoms. The van der Waals surface area contributed by atoms with Gasteiger partial charge in [0, 0.05) is 12.4 Å². The van der Waals surface area contributed by atoms with Crippen LogP contribution in [0.4, 0.5) is 4.39 Å². The number of hydrogen-bond acceptors (Lipinski definition) is 3. The van der Waals surface area contributed by atoms with Gasteiger partial charge in [-0.15, -0.1) is 0 Å². The van der Waals surface area contributed by atoms with E-state index in [1.54, 1.807) is 24.5 Å². The highest BCUT2D eigenvalue weighted by Gasteiger charge is 2.10. The zero-order chi connectivity index (χ0) is 12.1. The number of rotatable bonds is 4. The van der Waals surface area contributed by atoms with Crippen molar-refractivity contribution < 1.29 is 4.39 Å². The van der Waals surface area contributed by atoms with Gasteiger partial charge in [-0.1, -0.05) is 18.2 Å². The van der Waals surface area contributed by atoms with Crippen LogP contribution in [0.15, 0.2) is 48.8 Å². The molecular formula is C13H14FN3. The molecule has 2 aromatic rings. The molecule has 2 rings (SSSR count). The molecule has 0 fully saturated rings. The zero-order valence-electron chi connectivity index (χ0n) is 9.31. The third-order valence-electron chi connectivity index (χ3n) is 2.64. The molecule has 0 aliphatic rings. The number of hydrazine groups is 1. The lowest BCUT2D eigenvalue weighted by molar-refractivity contribution is 0.549. The highest BCUT2D eigenvalue weighted by Crippen LogP contribution is 2.16. The Morgan fingerprint density at radius 2 is 2.00 bits per heavy atom. The predicted molar refractivity (Wildman–Crippen MR) is 64.4 cm³/mol. The molecule has 1 heterocycles. The minimum absolute atomic E-state index is 0.0193. The first-order chi connectivity index (χ1) is 8.29. The average Bonchev–Trinajstić information content (AvgIpc) is 2.39. The normalized spacial score (nSPS) is 12.4. The van der Waals surface area contributed by atoms with Crippen LogP contribution in [0.1, 0.15) is 17.2 Å². The predicted octanol–water partition coefficient (Wildman–Crippen LogP) is 1.97. The molecule has 17 heavy (non-hydrogen) atoms. The maximum Gasteiger partial charge on any atom is 0.123 e. The highest BCUT2D eigenvalue weighted by atomic mass is 19.1. The van der Waals surface area contributed by atoms with Crippen molar-refractivity contribution >= 4 is 0 Å². The Morgan fingerprint density at radius 3 is 2.59 bits per heavy atom. The van der Waals surface area contributed by atoms with Crippen LogP contribution < -0.4 is 11.3 Å². The van der Waals surface area contributed by atoms with Crippen molar-refractivity contribution in [3.63, 3.8) is 0 Å². The van der Waals surface area contributed by atoms with Crippen LogP contribution in [0.3, 0.4) is 0 Å². The van der Waals surface area contributed by atoms with Crippen LogP contribution in [0.2, 0.25) is 0 Å². The van der Waals surface area contributed by atoms with E-state index in [1.165, 1.54) is 12.1 Å². The van der Waals surface area contributed by atoms with Crippen LogP contribution in [0.5, 0.6) is 0 Å². The van der Waals surface area contributed by atoms with E-state index in [4.69, 9.17) is 5.84 Å². The van der Waals surface area contributed by atoms with Crippen LogP contribution in [-0.2, 0) is 6.42 Å². The van der Waals surface area contributed by atoms with Gasteiger partial charge >= 0.3 is 0 Å². The van der Waals surface area contributed by atoms with E-state index in [-0.39, 0.29) is 11.9 Å². The molecule has 3 nitrogen and oxygen atoms in total. The maximum atomic E-state index is 12.8. The molecule has 0 aliphatic carbocycles. The van der Waals surface area contributed by atoms with Gasteiger partial charge in [-0.3, -0.25) is 16.3 Å². The number of nitrogens with zero attached hydrogens (tertiary/aromatic N) is 1. The quantitative estimate of drug-likeness (QED) is 0.624. The first-order valence-electron chi connectivity index (χ1n) is 5.40. The molecule has 88 valence electrons. The molecule has 4 heteroatoms. The monoisotopic (exact) mass is 231 g/mol. The number of benzene rings is 1. The number of hydrogen-bond donors (Lipinski definition) is 2. The number of pyridine rings is 1. The summed E-state index contributed by atoms with van der Waals surface area (Å²) >= 11 is 0. The molecule has 1 atom stereocenters. The SMILES string of the molecule is NNC(Cc1ccc(F)cc1)c1cccnc1. The fraction of sp³-hybridized carbons (Fsp3) is 0.154. The van der Waals surface area contributed by atoms with Crippen LogP contribution >= 0.6 is 0 Å². The third kappa shape index (κ3) is 3.09. The van der Waals surface area contributed by atoms with Crippen LogP contribution in [0, 0.1) is 5.82 Å². The lowest BCUT2D eigenvalue weighted by Gasteiger charge is -2.15. The van der Waals surface area contributed by atoms with Gasteiger partial charge in [-0.05, 0) is 35.7 Å². The summed E-state index contributed by atoms with van der Waals surface area (Å²) in [6.07, 6.45) is 4.19. The summed E-state index contributed by atoms with van der Waals surface area (Å²) in [5.41, 5.74) is 4.79. The highest BCUT2D eigenvalue weighted by molar-refractivity contribution is 5.21. The minimum atomic E-state index is -0.229. The van der Waals surface area contributed by atoms with E-state index < -0.39 is 0 Å². The zero-order valence-corrected chi connectivity index (χ0v) is 9.31. The number of nitrogens with one attached hydrogen (secondary N) is 1. The van der Waals surface area contributed by atoms with E-state index in [9.17, 15) is 4.39 Å². The summed E-state index contributed by atoms with van der Waals surface area (Å²) in [5.74, 6) is 5.30. The first kappa shape index (κ1) is 11.7. The van der Waals surface area contributed by atoms with Crippen molar-refractivity contribution in [2.75, 3.05) is 0 Å². The summed E-state index contributed by atoms with van der Waals surface area (Å²) in [6.45, 7) is 0. The Morgan fingerprint density at radius 1 is 1.24 bits per heavy atom. The Bertz CT molecular complexity index is 456. The van der Waals surface area contributed by atoms with E-state index in [1.807, 2.05) is 12.1 Å². The van der Waals surface area contributed by atoms with Crippen molar-refractivity contribution in [1.82, 2.24) is 10.4 Å². The molecule has 0 saturated heterocycles. The molecule has 0 spiro atoms. The summed E-state index contributed by atoms with van der Waals surface area (Å²) in [5, 5.41) is 0. The topological polar surface area (TPSA) is 50.9 Å². The van der Waals surface area contributed by atoms with E-state index in [0.29, 0.717) is 6.42 Å². The van der Waals surface area contributed by atoms with Gasteiger partial charge in [-0.2, -0.15) is 0 Å². The minimum Gasteiger partial charge on any atom is -0.271 e. The van der Waals surface area contributed by atoms with Gasteiger partial charge in [0.05, 0.1) is 6.04 Å². The van der Waals surface area contributed by atoms with E-state index >= 15 is 0 Å². The van der Waals surface area contributed by atoms with Crippen molar-refractivity contribution in [3.8, 4) is 0 Å². The summed E-state index contributed by atoms with van der Waals surface area (Å²) in [6, 6.07) is 10.2. The Labute approximate surface area is 99.5 Å². The Kier molecular flexibility index (Phi) is 3.80. The number of halogens is 1. The van der Waals surface area contributed by atoms with Gasteiger partial charge in [0.2, 0.25) is 0 Å². The maximum absolute atomic E-state index is 12.8. The van der Waals surface area contributed by atoms with Crippen molar-refractivity contribution in [3.05, 3.63) is 65.7 Å². The fourth-order valence-corrected chi connectivity index (χ4v) is 1.71. The summed E-state index contributed by atoms with van der Waals surface area (Å²) in [7, 11) is 0. The lowest BCUT2D eigenvalue weighted by Crippen LogP contribution is -2.29. The Hall–Kier alpha value is -1.78. The van der Waals surface area contributed by atoms with Gasteiger partial charge in [-0.25, -0.2) is 4.39 Å². The molecular weight excluding hydrogens is 217 g/mol. The molecule has 0 aliphatic heterocycles. The lowest BCUT2D eigenvalue weighted by atomic mass is 10.0. The second-order valence-electron chi connectivity index (χ2n) is 3.84. The third-order valence-corrected chi connectivity index (χ3v) is 2.64. The standard InChI is InChI=1S/C13H14FN3/c14-12-5-3-10(4-6-12)8-13(17-15)11-2-1-7-16-9-11/h1-7,9,13,17H,8,15H2. The van der Waals surface area contributed by atoms with Crippen molar-refractivity contribution in [2.45, 2.75) is 12.5 Å². The van der Waals surface area contributed by atoms with E-state index in [0.717, 1.165) is 11.1 Å². The van der Waals surface area contributed by atoms with Crippen molar-refractivity contribution in [1.29, 1.82) is 0 Å². The van der Waals surface area contributed by atoms with E-state index in [2.05, 4.69) is 10.4 Å². The number of nitrogens with two attached hydrogens (primary N) is 1. The fourth-order valence-electron chi connectivity index (χ4n) is 1.71. The molecule has 1 unspecified atom stereocenters. The molecule has 1 aromatic carbocycles. The van der Waals surface area contributed by atoms with Gasteiger partial charge < -0.3 is 0 Å². The van der Waals surface area contributed by atoms with Crippen molar-refractivity contribution in [2.24, 2.45) is 5.84 Å².